The first-order chi connectivity index (χ1) is 10.1. The first-order valence-corrected chi connectivity index (χ1v) is 9.08. The van der Waals surface area contributed by atoms with Crippen molar-refractivity contribution in [2.24, 2.45) is 5.92 Å². The highest BCUT2D eigenvalue weighted by atomic mass is 15.1. The molecule has 128 valence electrons. The van der Waals surface area contributed by atoms with Crippen molar-refractivity contribution in [3.05, 3.63) is 11.6 Å². The van der Waals surface area contributed by atoms with Gasteiger partial charge in [-0.1, -0.05) is 38.8 Å². The van der Waals surface area contributed by atoms with E-state index in [1.165, 1.54) is 63.9 Å². The number of nitrogens with zero attached hydrogens (tertiary/aromatic N) is 1. The molecule has 1 N–H and O–H groups in total. The molecule has 1 heterocycles. The van der Waals surface area contributed by atoms with Crippen molar-refractivity contribution >= 4 is 0 Å². The van der Waals surface area contributed by atoms with Crippen molar-refractivity contribution in [3.8, 4) is 0 Å². The van der Waals surface area contributed by atoms with Crippen molar-refractivity contribution in [3.63, 3.8) is 0 Å². The van der Waals surface area contributed by atoms with Crippen LogP contribution in [0.1, 0.15) is 73.6 Å². The molecule has 0 unspecified atom stereocenters. The van der Waals surface area contributed by atoms with Crippen molar-refractivity contribution in [2.45, 2.75) is 73.6 Å². The molecule has 0 radical (unpaired) electrons. The molecule has 0 atom stereocenters. The molecule has 0 aromatic heterocycles. The van der Waals surface area contributed by atoms with E-state index in [4.69, 9.17) is 0 Å². The van der Waals surface area contributed by atoms with Gasteiger partial charge in [0.05, 0.1) is 0 Å². The Morgan fingerprint density at radius 2 is 1.67 bits per heavy atom. The lowest BCUT2D eigenvalue weighted by Crippen LogP contribution is -2.30. The van der Waals surface area contributed by atoms with Crippen LogP contribution in [0.3, 0.4) is 0 Å². The van der Waals surface area contributed by atoms with Gasteiger partial charge >= 0.3 is 0 Å². The summed E-state index contributed by atoms with van der Waals surface area (Å²) in [5.74, 6) is 0.986. The van der Waals surface area contributed by atoms with Crippen LogP contribution in [-0.2, 0) is 0 Å². The van der Waals surface area contributed by atoms with E-state index >= 15 is 0 Å². The van der Waals surface area contributed by atoms with E-state index in [1.807, 2.05) is 20.8 Å². The van der Waals surface area contributed by atoms with E-state index in [9.17, 15) is 0 Å². The molecule has 0 aromatic carbocycles. The standard InChI is InChI=1S/C12H26N2.C5H10.C2H6/c1-3-4-10-14(2)11-7-12-5-8-13-9-6-12;1-4-5(2)3;1-2/h12-13H,3-11H2,1-2H3;4H,1-3H3;1-2H3. The summed E-state index contributed by atoms with van der Waals surface area (Å²) in [7, 11) is 2.26. The minimum Gasteiger partial charge on any atom is -0.317 e. The third-order valence-corrected chi connectivity index (χ3v) is 3.85. The molecule has 1 aliphatic heterocycles. The second kappa shape index (κ2) is 17.7. The Hall–Kier alpha value is -0.340. The number of allylic oxidation sites excluding steroid dienone is 2. The van der Waals surface area contributed by atoms with Crippen LogP contribution in [0.2, 0.25) is 0 Å². The van der Waals surface area contributed by atoms with Crippen LogP contribution in [0, 0.1) is 5.92 Å². The van der Waals surface area contributed by atoms with Crippen molar-refractivity contribution in [1.82, 2.24) is 10.2 Å². The zero-order valence-corrected chi connectivity index (χ0v) is 16.0. The Balaban J connectivity index is 0. The van der Waals surface area contributed by atoms with E-state index in [1.54, 1.807) is 0 Å². The van der Waals surface area contributed by atoms with Gasteiger partial charge in [-0.2, -0.15) is 0 Å². The molecule has 0 spiro atoms. The summed E-state index contributed by atoms with van der Waals surface area (Å²) >= 11 is 0. The molecule has 0 aliphatic carbocycles. The van der Waals surface area contributed by atoms with Crippen LogP contribution in [0.15, 0.2) is 11.6 Å². The van der Waals surface area contributed by atoms with E-state index < -0.39 is 0 Å². The Labute approximate surface area is 135 Å². The van der Waals surface area contributed by atoms with Gasteiger partial charge in [-0.25, -0.2) is 0 Å². The average molecular weight is 299 g/mol. The zero-order chi connectivity index (χ0) is 16.5. The molecule has 0 aromatic rings. The number of hydrogen-bond donors (Lipinski definition) is 1. The third-order valence-electron chi connectivity index (χ3n) is 3.85. The lowest BCUT2D eigenvalue weighted by atomic mass is 9.94. The fourth-order valence-corrected chi connectivity index (χ4v) is 2.11. The summed E-state index contributed by atoms with van der Waals surface area (Å²) < 4.78 is 0. The zero-order valence-electron chi connectivity index (χ0n) is 16.0. The van der Waals surface area contributed by atoms with Crippen LogP contribution < -0.4 is 5.32 Å². The lowest BCUT2D eigenvalue weighted by Gasteiger charge is -2.25. The first kappa shape index (κ1) is 22.9. The molecule has 2 nitrogen and oxygen atoms in total. The maximum Gasteiger partial charge on any atom is -0.00191 e. The van der Waals surface area contributed by atoms with Gasteiger partial charge in [0.1, 0.15) is 0 Å². The van der Waals surface area contributed by atoms with Gasteiger partial charge in [-0.05, 0) is 85.6 Å². The second-order valence-corrected chi connectivity index (χ2v) is 6.00. The monoisotopic (exact) mass is 298 g/mol. The third kappa shape index (κ3) is 17.6. The number of unbranched alkanes of at least 4 members (excludes halogenated alkanes) is 1. The molecular formula is C19H42N2. The molecule has 21 heavy (non-hydrogen) atoms. The molecule has 1 fully saturated rings. The lowest BCUT2D eigenvalue weighted by molar-refractivity contribution is 0.268. The van der Waals surface area contributed by atoms with Gasteiger partial charge in [0, 0.05) is 0 Å². The number of rotatable bonds is 6. The smallest absolute Gasteiger partial charge is 0.00191 e. The largest absolute Gasteiger partial charge is 0.317 e. The number of piperidine rings is 1. The number of hydrogen-bond acceptors (Lipinski definition) is 2. The minimum atomic E-state index is 0.986. The maximum absolute atomic E-state index is 3.42. The summed E-state index contributed by atoms with van der Waals surface area (Å²) in [6.07, 6.45) is 8.94. The predicted molar refractivity (Wildman–Crippen MR) is 99.1 cm³/mol. The van der Waals surface area contributed by atoms with Crippen LogP contribution in [0.4, 0.5) is 0 Å². The fourth-order valence-electron chi connectivity index (χ4n) is 2.11. The van der Waals surface area contributed by atoms with Crippen molar-refractivity contribution in [2.75, 3.05) is 33.2 Å². The Kier molecular flexibility index (Phi) is 19.3. The van der Waals surface area contributed by atoms with Crippen LogP contribution in [0.25, 0.3) is 0 Å². The predicted octanol–water partition coefficient (Wildman–Crippen LogP) is 5.11. The quantitative estimate of drug-likeness (QED) is 0.686. The molecule has 1 saturated heterocycles. The van der Waals surface area contributed by atoms with E-state index in [0.29, 0.717) is 0 Å². The van der Waals surface area contributed by atoms with Gasteiger partial charge in [0.15, 0.2) is 0 Å². The highest BCUT2D eigenvalue weighted by Gasteiger charge is 2.12. The molecule has 1 aliphatic rings. The highest BCUT2D eigenvalue weighted by molar-refractivity contribution is 4.88. The van der Waals surface area contributed by atoms with Crippen LogP contribution in [0.5, 0.6) is 0 Å². The molecule has 0 amide bonds. The Morgan fingerprint density at radius 3 is 2.10 bits per heavy atom. The topological polar surface area (TPSA) is 15.3 Å². The summed E-state index contributed by atoms with van der Waals surface area (Å²) in [5, 5.41) is 3.42. The number of nitrogens with one attached hydrogen (secondary N) is 1. The van der Waals surface area contributed by atoms with E-state index in [0.717, 1.165) is 5.92 Å². The molecule has 0 saturated carbocycles. The van der Waals surface area contributed by atoms with Crippen molar-refractivity contribution in [1.29, 1.82) is 0 Å². The molecule has 2 heteroatoms. The normalized spacial score (nSPS) is 14.7. The van der Waals surface area contributed by atoms with E-state index in [2.05, 4.69) is 44.1 Å². The van der Waals surface area contributed by atoms with Crippen LogP contribution >= 0.6 is 0 Å². The Morgan fingerprint density at radius 1 is 1.14 bits per heavy atom. The first-order valence-electron chi connectivity index (χ1n) is 9.08. The van der Waals surface area contributed by atoms with Gasteiger partial charge in [-0.3, -0.25) is 0 Å². The van der Waals surface area contributed by atoms with Gasteiger partial charge in [0.2, 0.25) is 0 Å². The summed E-state index contributed by atoms with van der Waals surface area (Å²) in [5.41, 5.74) is 1.38. The molecular weight excluding hydrogens is 256 g/mol. The Bertz CT molecular complexity index is 214. The fraction of sp³-hybridized carbons (Fsp3) is 0.895. The van der Waals surface area contributed by atoms with Gasteiger partial charge < -0.3 is 10.2 Å². The summed E-state index contributed by atoms with van der Waals surface area (Å²) in [6.45, 7) is 17.5. The average Bonchev–Trinajstić information content (AvgIpc) is 2.54. The highest BCUT2D eigenvalue weighted by Crippen LogP contribution is 2.15. The SMILES string of the molecule is CC.CC=C(C)C.CCCCN(C)CCC1CCNCC1. The molecule has 0 bridgehead atoms. The summed E-state index contributed by atoms with van der Waals surface area (Å²) in [6, 6.07) is 0. The van der Waals surface area contributed by atoms with Gasteiger partial charge in [-0.15, -0.1) is 0 Å². The maximum atomic E-state index is 3.42. The second-order valence-electron chi connectivity index (χ2n) is 6.00. The minimum absolute atomic E-state index is 0.986. The van der Waals surface area contributed by atoms with Crippen LogP contribution in [-0.4, -0.2) is 38.1 Å². The summed E-state index contributed by atoms with van der Waals surface area (Å²) in [4.78, 5) is 2.49. The van der Waals surface area contributed by atoms with Crippen molar-refractivity contribution < 1.29 is 0 Å². The molecule has 1 rings (SSSR count). The van der Waals surface area contributed by atoms with E-state index in [-0.39, 0.29) is 0 Å². The van der Waals surface area contributed by atoms with Gasteiger partial charge in [0.25, 0.3) is 0 Å².